The molecule has 52 heavy (non-hydrogen) atoms. The fourth-order valence-electron chi connectivity index (χ4n) is 6.72. The highest BCUT2D eigenvalue weighted by Gasteiger charge is 2.19. The van der Waals surface area contributed by atoms with Gasteiger partial charge in [-0.15, -0.1) is 0 Å². The number of carbonyl (C=O) groups excluding carboxylic acids is 3. The summed E-state index contributed by atoms with van der Waals surface area (Å²) in [6.45, 7) is 11.3. The molecule has 0 fully saturated rings. The lowest BCUT2D eigenvalue weighted by molar-refractivity contribution is -0.167. The summed E-state index contributed by atoms with van der Waals surface area (Å²) in [5, 5.41) is 0. The van der Waals surface area contributed by atoms with E-state index in [0.717, 1.165) is 69.6 Å². The van der Waals surface area contributed by atoms with E-state index in [9.17, 15) is 14.4 Å². The van der Waals surface area contributed by atoms with E-state index < -0.39 is 6.10 Å². The number of esters is 3. The van der Waals surface area contributed by atoms with Gasteiger partial charge in [-0.05, 0) is 31.1 Å². The minimum absolute atomic E-state index is 0.0655. The molecular weight excluding hydrogens is 648 g/mol. The van der Waals surface area contributed by atoms with Crippen molar-refractivity contribution >= 4 is 17.9 Å². The SMILES string of the molecule is CCCCCCCCCCCCCC(=O)OC[C@H](COC(=O)CCCCCCCCC(C)CC)OC(=O)CCCCCCCCCCCCC(C)C. The molecule has 0 aromatic rings. The van der Waals surface area contributed by atoms with Gasteiger partial charge in [0.25, 0.3) is 0 Å². The summed E-state index contributed by atoms with van der Waals surface area (Å²) in [6.07, 6.45) is 36.6. The van der Waals surface area contributed by atoms with Gasteiger partial charge in [-0.1, -0.05) is 208 Å². The molecule has 0 spiro atoms. The molecule has 0 saturated heterocycles. The summed E-state index contributed by atoms with van der Waals surface area (Å²) in [5.74, 6) is 0.770. The third kappa shape index (κ3) is 38.1. The van der Waals surface area contributed by atoms with E-state index in [1.807, 2.05) is 0 Å². The molecule has 0 amide bonds. The van der Waals surface area contributed by atoms with Crippen molar-refractivity contribution in [3.8, 4) is 0 Å². The predicted molar refractivity (Wildman–Crippen MR) is 220 cm³/mol. The normalized spacial score (nSPS) is 12.6. The van der Waals surface area contributed by atoms with Crippen molar-refractivity contribution < 1.29 is 28.6 Å². The average Bonchev–Trinajstić information content (AvgIpc) is 3.12. The molecule has 2 atom stereocenters. The second-order valence-electron chi connectivity index (χ2n) is 16.4. The molecule has 308 valence electrons. The lowest BCUT2D eigenvalue weighted by atomic mass is 10.00. The maximum absolute atomic E-state index is 12.7. The Labute approximate surface area is 323 Å². The van der Waals surface area contributed by atoms with Crippen LogP contribution in [-0.2, 0) is 28.6 Å². The van der Waals surface area contributed by atoms with Gasteiger partial charge in [0.15, 0.2) is 6.10 Å². The predicted octanol–water partition coefficient (Wildman–Crippen LogP) is 14.2. The molecule has 6 nitrogen and oxygen atoms in total. The molecule has 0 aromatic carbocycles. The van der Waals surface area contributed by atoms with Crippen molar-refractivity contribution in [1.82, 2.24) is 0 Å². The Morgan fingerprint density at radius 2 is 0.731 bits per heavy atom. The Morgan fingerprint density at radius 1 is 0.404 bits per heavy atom. The molecule has 0 aliphatic heterocycles. The summed E-state index contributed by atoms with van der Waals surface area (Å²) in [5.41, 5.74) is 0. The molecule has 1 unspecified atom stereocenters. The van der Waals surface area contributed by atoms with Crippen LogP contribution in [0.5, 0.6) is 0 Å². The molecule has 0 aliphatic rings. The topological polar surface area (TPSA) is 78.9 Å². The van der Waals surface area contributed by atoms with Crippen LogP contribution in [0.3, 0.4) is 0 Å². The summed E-state index contributed by atoms with van der Waals surface area (Å²) in [4.78, 5) is 37.7. The van der Waals surface area contributed by atoms with Crippen molar-refractivity contribution in [2.45, 2.75) is 253 Å². The fourth-order valence-corrected chi connectivity index (χ4v) is 6.72. The zero-order chi connectivity index (χ0) is 38.3. The second kappa shape index (κ2) is 39.1. The van der Waals surface area contributed by atoms with E-state index >= 15 is 0 Å². The maximum Gasteiger partial charge on any atom is 0.306 e. The molecule has 0 heterocycles. The fraction of sp³-hybridized carbons (Fsp3) is 0.935. The van der Waals surface area contributed by atoms with Crippen LogP contribution in [-0.4, -0.2) is 37.2 Å². The molecule has 0 radical (unpaired) electrons. The standard InChI is InChI=1S/C46H88O6/c1-6-8-9-10-11-12-13-17-20-26-31-36-44(47)50-39-43(40-51-45(48)37-32-27-23-22-25-30-35-42(5)7-2)52-46(49)38-33-28-21-18-15-14-16-19-24-29-34-41(3)4/h41-43H,6-40H2,1-5H3/t42?,43-/m1/s1. The number of carbonyl (C=O) groups is 3. The molecule has 6 heteroatoms. The number of ether oxygens (including phenoxy) is 3. The van der Waals surface area contributed by atoms with Gasteiger partial charge in [0.05, 0.1) is 0 Å². The lowest BCUT2D eigenvalue weighted by Crippen LogP contribution is -2.30. The van der Waals surface area contributed by atoms with Crippen LogP contribution >= 0.6 is 0 Å². The van der Waals surface area contributed by atoms with E-state index in [1.165, 1.54) is 135 Å². The van der Waals surface area contributed by atoms with E-state index in [2.05, 4.69) is 34.6 Å². The Balaban J connectivity index is 4.35. The number of unbranched alkanes of at least 4 members (excludes halogenated alkanes) is 24. The van der Waals surface area contributed by atoms with Gasteiger partial charge in [0.1, 0.15) is 13.2 Å². The minimum Gasteiger partial charge on any atom is -0.462 e. The Kier molecular flexibility index (Phi) is 37.9. The summed E-state index contributed by atoms with van der Waals surface area (Å²) in [7, 11) is 0. The highest BCUT2D eigenvalue weighted by molar-refractivity contribution is 5.71. The highest BCUT2D eigenvalue weighted by Crippen LogP contribution is 2.17. The Morgan fingerprint density at radius 3 is 1.10 bits per heavy atom. The molecule has 0 N–H and O–H groups in total. The largest absolute Gasteiger partial charge is 0.462 e. The number of hydrogen-bond donors (Lipinski definition) is 0. The van der Waals surface area contributed by atoms with Crippen molar-refractivity contribution in [3.63, 3.8) is 0 Å². The number of rotatable bonds is 40. The second-order valence-corrected chi connectivity index (χ2v) is 16.4. The van der Waals surface area contributed by atoms with Gasteiger partial charge in [-0.3, -0.25) is 14.4 Å². The van der Waals surface area contributed by atoms with Crippen LogP contribution in [0.2, 0.25) is 0 Å². The first-order valence-electron chi connectivity index (χ1n) is 22.8. The van der Waals surface area contributed by atoms with E-state index in [-0.39, 0.29) is 31.1 Å². The molecule has 0 bridgehead atoms. The maximum atomic E-state index is 12.7. The first-order valence-corrected chi connectivity index (χ1v) is 22.8. The zero-order valence-corrected chi connectivity index (χ0v) is 35.4. The van der Waals surface area contributed by atoms with Crippen molar-refractivity contribution in [2.24, 2.45) is 11.8 Å². The quantitative estimate of drug-likeness (QED) is 0.0354. The van der Waals surface area contributed by atoms with Crippen molar-refractivity contribution in [3.05, 3.63) is 0 Å². The van der Waals surface area contributed by atoms with Gasteiger partial charge in [-0.2, -0.15) is 0 Å². The zero-order valence-electron chi connectivity index (χ0n) is 35.4. The van der Waals surface area contributed by atoms with Gasteiger partial charge in [-0.25, -0.2) is 0 Å². The van der Waals surface area contributed by atoms with Crippen LogP contribution in [0.15, 0.2) is 0 Å². The summed E-state index contributed by atoms with van der Waals surface area (Å²) >= 11 is 0. The van der Waals surface area contributed by atoms with Crippen molar-refractivity contribution in [2.75, 3.05) is 13.2 Å². The van der Waals surface area contributed by atoms with Gasteiger partial charge >= 0.3 is 17.9 Å². The van der Waals surface area contributed by atoms with Crippen LogP contribution in [0.4, 0.5) is 0 Å². The van der Waals surface area contributed by atoms with E-state index in [4.69, 9.17) is 14.2 Å². The third-order valence-corrected chi connectivity index (χ3v) is 10.6. The molecule has 0 saturated carbocycles. The summed E-state index contributed by atoms with van der Waals surface area (Å²) in [6, 6.07) is 0. The highest BCUT2D eigenvalue weighted by atomic mass is 16.6. The van der Waals surface area contributed by atoms with Gasteiger partial charge < -0.3 is 14.2 Å². The van der Waals surface area contributed by atoms with Gasteiger partial charge in [0, 0.05) is 19.3 Å². The third-order valence-electron chi connectivity index (χ3n) is 10.6. The average molecular weight is 737 g/mol. The van der Waals surface area contributed by atoms with Crippen LogP contribution < -0.4 is 0 Å². The van der Waals surface area contributed by atoms with Crippen LogP contribution in [0, 0.1) is 11.8 Å². The molecular formula is C46H88O6. The first kappa shape index (κ1) is 50.4. The smallest absolute Gasteiger partial charge is 0.306 e. The van der Waals surface area contributed by atoms with E-state index in [0.29, 0.717) is 19.3 Å². The molecule has 0 aliphatic carbocycles. The minimum atomic E-state index is -0.760. The Bertz CT molecular complexity index is 796. The van der Waals surface area contributed by atoms with Gasteiger partial charge in [0.2, 0.25) is 0 Å². The van der Waals surface area contributed by atoms with E-state index in [1.54, 1.807) is 0 Å². The first-order chi connectivity index (χ1) is 25.3. The van der Waals surface area contributed by atoms with Crippen molar-refractivity contribution in [1.29, 1.82) is 0 Å². The van der Waals surface area contributed by atoms with Crippen LogP contribution in [0.25, 0.3) is 0 Å². The summed E-state index contributed by atoms with van der Waals surface area (Å²) < 4.78 is 16.7. The monoisotopic (exact) mass is 737 g/mol. The molecule has 0 rings (SSSR count). The van der Waals surface area contributed by atoms with Crippen LogP contribution in [0.1, 0.15) is 247 Å². The Hall–Kier alpha value is -1.59. The lowest BCUT2D eigenvalue weighted by Gasteiger charge is -2.18. The number of hydrogen-bond acceptors (Lipinski definition) is 6. The molecule has 0 aromatic heterocycles.